The SMILES string of the molecule is CCC1(CC)CSC(=NCC(C)(C)CCOC)N1. The molecule has 0 aromatic heterocycles. The first-order chi connectivity index (χ1) is 8.47. The van der Waals surface area contributed by atoms with Gasteiger partial charge in [-0.25, -0.2) is 0 Å². The fourth-order valence-electron chi connectivity index (χ4n) is 1.96. The second kappa shape index (κ2) is 6.80. The van der Waals surface area contributed by atoms with Crippen LogP contribution in [0.5, 0.6) is 0 Å². The predicted molar refractivity (Wildman–Crippen MR) is 81.5 cm³/mol. The molecule has 1 saturated heterocycles. The van der Waals surface area contributed by atoms with Crippen LogP contribution in [0.4, 0.5) is 0 Å². The second-order valence-electron chi connectivity index (χ2n) is 5.93. The Hall–Kier alpha value is -0.220. The highest BCUT2D eigenvalue weighted by atomic mass is 32.2. The van der Waals surface area contributed by atoms with E-state index < -0.39 is 0 Å². The lowest BCUT2D eigenvalue weighted by Crippen LogP contribution is -2.42. The van der Waals surface area contributed by atoms with Gasteiger partial charge in [0, 0.05) is 31.6 Å². The van der Waals surface area contributed by atoms with Crippen LogP contribution in [0.2, 0.25) is 0 Å². The van der Waals surface area contributed by atoms with Gasteiger partial charge in [0.05, 0.1) is 0 Å². The fraction of sp³-hybridized carbons (Fsp3) is 0.929. The van der Waals surface area contributed by atoms with E-state index in [2.05, 4.69) is 33.0 Å². The van der Waals surface area contributed by atoms with Crippen LogP contribution in [-0.4, -0.2) is 36.7 Å². The molecule has 1 aliphatic heterocycles. The van der Waals surface area contributed by atoms with Gasteiger partial charge in [0.1, 0.15) is 0 Å². The number of amidine groups is 1. The molecule has 0 atom stereocenters. The first-order valence-corrected chi connectivity index (χ1v) is 7.90. The van der Waals surface area contributed by atoms with E-state index >= 15 is 0 Å². The maximum Gasteiger partial charge on any atom is 0.157 e. The van der Waals surface area contributed by atoms with Crippen molar-refractivity contribution in [2.45, 2.75) is 52.5 Å². The van der Waals surface area contributed by atoms with E-state index in [1.54, 1.807) is 7.11 Å². The van der Waals surface area contributed by atoms with Crippen LogP contribution < -0.4 is 5.32 Å². The molecule has 0 unspecified atom stereocenters. The molecule has 4 heteroatoms. The van der Waals surface area contributed by atoms with Gasteiger partial charge in [-0.05, 0) is 24.7 Å². The van der Waals surface area contributed by atoms with Crippen LogP contribution >= 0.6 is 11.8 Å². The zero-order chi connectivity index (χ0) is 13.6. The maximum atomic E-state index is 5.15. The minimum absolute atomic E-state index is 0.217. The molecule has 0 amide bonds. The normalized spacial score (nSPS) is 21.3. The van der Waals surface area contributed by atoms with Crippen LogP contribution in [-0.2, 0) is 4.74 Å². The summed E-state index contributed by atoms with van der Waals surface area (Å²) in [5, 5.41) is 4.74. The Morgan fingerprint density at radius 3 is 2.56 bits per heavy atom. The number of rotatable bonds is 7. The third-order valence-corrected chi connectivity index (χ3v) is 5.05. The van der Waals surface area contributed by atoms with Crippen LogP contribution in [0.25, 0.3) is 0 Å². The predicted octanol–water partition coefficient (Wildman–Crippen LogP) is 3.30. The molecule has 1 fully saturated rings. The largest absolute Gasteiger partial charge is 0.385 e. The molecule has 1 N–H and O–H groups in total. The minimum Gasteiger partial charge on any atom is -0.385 e. The van der Waals surface area contributed by atoms with E-state index in [-0.39, 0.29) is 11.0 Å². The average Bonchev–Trinajstić information content (AvgIpc) is 2.79. The van der Waals surface area contributed by atoms with Gasteiger partial charge in [0.2, 0.25) is 0 Å². The van der Waals surface area contributed by atoms with Crippen molar-refractivity contribution in [2.24, 2.45) is 10.4 Å². The fourth-order valence-corrected chi connectivity index (χ4v) is 3.30. The van der Waals surface area contributed by atoms with Crippen LogP contribution in [0.1, 0.15) is 47.0 Å². The molecule has 0 radical (unpaired) electrons. The number of nitrogens with one attached hydrogen (secondary N) is 1. The van der Waals surface area contributed by atoms with Crippen molar-refractivity contribution in [3.63, 3.8) is 0 Å². The molecular formula is C14H28N2OS. The molecular weight excluding hydrogens is 244 g/mol. The monoisotopic (exact) mass is 272 g/mol. The summed E-state index contributed by atoms with van der Waals surface area (Å²) < 4.78 is 5.15. The highest BCUT2D eigenvalue weighted by Crippen LogP contribution is 2.30. The Balaban J connectivity index is 2.49. The molecule has 0 saturated carbocycles. The van der Waals surface area contributed by atoms with E-state index in [1.807, 2.05) is 11.8 Å². The van der Waals surface area contributed by atoms with Crippen molar-refractivity contribution < 1.29 is 4.74 Å². The molecule has 0 aromatic carbocycles. The van der Waals surface area contributed by atoms with Crippen molar-refractivity contribution >= 4 is 16.9 Å². The van der Waals surface area contributed by atoms with Crippen molar-refractivity contribution in [3.05, 3.63) is 0 Å². The van der Waals surface area contributed by atoms with Gasteiger partial charge in [-0.2, -0.15) is 0 Å². The first-order valence-electron chi connectivity index (χ1n) is 6.91. The van der Waals surface area contributed by atoms with Crippen LogP contribution in [0, 0.1) is 5.41 Å². The Kier molecular flexibility index (Phi) is 5.99. The number of nitrogens with zero attached hydrogens (tertiary/aromatic N) is 1. The third-order valence-electron chi connectivity index (χ3n) is 3.84. The third kappa shape index (κ3) is 4.47. The number of hydrogen-bond donors (Lipinski definition) is 1. The molecule has 0 aromatic rings. The summed E-state index contributed by atoms with van der Waals surface area (Å²) in [7, 11) is 1.76. The Bertz CT molecular complexity index is 286. The summed E-state index contributed by atoms with van der Waals surface area (Å²) in [5.41, 5.74) is 0.495. The van der Waals surface area contributed by atoms with E-state index in [9.17, 15) is 0 Å². The number of hydrogen-bond acceptors (Lipinski definition) is 3. The van der Waals surface area contributed by atoms with Gasteiger partial charge in [-0.1, -0.05) is 39.5 Å². The smallest absolute Gasteiger partial charge is 0.157 e. The molecule has 1 heterocycles. The lowest BCUT2D eigenvalue weighted by atomic mass is 9.90. The van der Waals surface area contributed by atoms with Gasteiger partial charge in [-0.15, -0.1) is 0 Å². The summed E-state index contributed by atoms with van der Waals surface area (Å²) in [4.78, 5) is 4.75. The van der Waals surface area contributed by atoms with E-state index in [0.717, 1.165) is 30.5 Å². The van der Waals surface area contributed by atoms with E-state index in [4.69, 9.17) is 9.73 Å². The molecule has 1 rings (SSSR count). The van der Waals surface area contributed by atoms with Crippen molar-refractivity contribution in [1.29, 1.82) is 0 Å². The van der Waals surface area contributed by atoms with Crippen LogP contribution in [0.3, 0.4) is 0 Å². The topological polar surface area (TPSA) is 33.6 Å². The number of aliphatic imine (C=N–C) groups is 1. The summed E-state index contributed by atoms with van der Waals surface area (Å²) in [6.45, 7) is 10.7. The van der Waals surface area contributed by atoms with Gasteiger partial charge in [0.25, 0.3) is 0 Å². The average molecular weight is 272 g/mol. The highest BCUT2D eigenvalue weighted by molar-refractivity contribution is 8.14. The lowest BCUT2D eigenvalue weighted by molar-refractivity contribution is 0.155. The quantitative estimate of drug-likeness (QED) is 0.772. The molecule has 1 aliphatic rings. The molecule has 0 spiro atoms. The summed E-state index contributed by atoms with van der Waals surface area (Å²) in [5.74, 6) is 1.15. The number of ether oxygens (including phenoxy) is 1. The zero-order valence-electron chi connectivity index (χ0n) is 12.5. The van der Waals surface area contributed by atoms with Crippen molar-refractivity contribution in [3.8, 4) is 0 Å². The van der Waals surface area contributed by atoms with Crippen molar-refractivity contribution in [1.82, 2.24) is 5.32 Å². The Morgan fingerprint density at radius 1 is 1.39 bits per heavy atom. The Morgan fingerprint density at radius 2 is 2.06 bits per heavy atom. The minimum atomic E-state index is 0.217. The first kappa shape index (κ1) is 15.8. The zero-order valence-corrected chi connectivity index (χ0v) is 13.3. The summed E-state index contributed by atoms with van der Waals surface area (Å²) in [6, 6.07) is 0. The Labute approximate surface area is 116 Å². The molecule has 0 bridgehead atoms. The van der Waals surface area contributed by atoms with E-state index in [1.165, 1.54) is 12.8 Å². The molecule has 0 aliphatic carbocycles. The summed E-state index contributed by atoms with van der Waals surface area (Å²) in [6.07, 6.45) is 3.39. The van der Waals surface area contributed by atoms with Gasteiger partial charge >= 0.3 is 0 Å². The van der Waals surface area contributed by atoms with Crippen LogP contribution in [0.15, 0.2) is 4.99 Å². The number of thioether (sulfide) groups is 1. The standard InChI is InChI=1S/C14H28N2OS/c1-6-14(7-2)11-18-12(16-14)15-10-13(3,4)8-9-17-5/h6-11H2,1-5H3,(H,15,16). The molecule has 3 nitrogen and oxygen atoms in total. The molecule has 18 heavy (non-hydrogen) atoms. The second-order valence-corrected chi connectivity index (χ2v) is 6.89. The maximum absolute atomic E-state index is 5.15. The molecule has 106 valence electrons. The van der Waals surface area contributed by atoms with Crippen molar-refractivity contribution in [2.75, 3.05) is 26.0 Å². The van der Waals surface area contributed by atoms with Gasteiger partial charge < -0.3 is 10.1 Å². The van der Waals surface area contributed by atoms with Gasteiger partial charge in [-0.3, -0.25) is 4.99 Å². The summed E-state index contributed by atoms with van der Waals surface area (Å²) >= 11 is 1.87. The highest BCUT2D eigenvalue weighted by Gasteiger charge is 2.33. The number of methoxy groups -OCH3 is 1. The van der Waals surface area contributed by atoms with Gasteiger partial charge in [0.15, 0.2) is 5.17 Å². The lowest BCUT2D eigenvalue weighted by Gasteiger charge is -2.26. The van der Waals surface area contributed by atoms with E-state index in [0.29, 0.717) is 0 Å².